The van der Waals surface area contributed by atoms with E-state index in [1.54, 1.807) is 0 Å². The largest absolute Gasteiger partial charge is 0.417 e. The van der Waals surface area contributed by atoms with E-state index in [1.165, 1.54) is 6.07 Å². The second kappa shape index (κ2) is 5.75. The predicted molar refractivity (Wildman–Crippen MR) is 89.0 cm³/mol. The van der Waals surface area contributed by atoms with Gasteiger partial charge in [-0.1, -0.05) is 24.3 Å². The Morgan fingerprint density at radius 3 is 2.84 bits per heavy atom. The fourth-order valence-electron chi connectivity index (χ4n) is 4.37. The number of allylic oxidation sites excluding steroid dienone is 5. The predicted octanol–water partition coefficient (Wildman–Crippen LogP) is 5.46. The van der Waals surface area contributed by atoms with Crippen LogP contribution in [0.3, 0.4) is 0 Å². The van der Waals surface area contributed by atoms with Gasteiger partial charge in [0, 0.05) is 17.7 Å². The van der Waals surface area contributed by atoms with Gasteiger partial charge in [-0.2, -0.15) is 13.2 Å². The lowest BCUT2D eigenvalue weighted by molar-refractivity contribution is -0.137. The molecule has 1 saturated heterocycles. The summed E-state index contributed by atoms with van der Waals surface area (Å²) in [4.78, 5) is 0. The van der Waals surface area contributed by atoms with Crippen molar-refractivity contribution in [1.82, 2.24) is 5.32 Å². The molecule has 1 fully saturated rings. The van der Waals surface area contributed by atoms with Crippen LogP contribution in [0.1, 0.15) is 36.8 Å². The smallest absolute Gasteiger partial charge is 0.387 e. The van der Waals surface area contributed by atoms with Gasteiger partial charge in [0.1, 0.15) is 5.82 Å². The van der Waals surface area contributed by atoms with Gasteiger partial charge < -0.3 is 5.32 Å². The Morgan fingerprint density at radius 1 is 1.20 bits per heavy atom. The molecule has 132 valence electrons. The Kier molecular flexibility index (Phi) is 3.78. The van der Waals surface area contributed by atoms with E-state index >= 15 is 0 Å². The number of benzene rings is 1. The zero-order chi connectivity index (χ0) is 17.7. The summed E-state index contributed by atoms with van der Waals surface area (Å²) in [5, 5.41) is 3.40. The van der Waals surface area contributed by atoms with Crippen LogP contribution in [0.2, 0.25) is 0 Å². The van der Waals surface area contributed by atoms with Crippen LogP contribution in [0.25, 0.3) is 5.57 Å². The van der Waals surface area contributed by atoms with Crippen molar-refractivity contribution in [3.05, 3.63) is 65.1 Å². The van der Waals surface area contributed by atoms with Gasteiger partial charge in [-0.25, -0.2) is 4.39 Å². The molecule has 2 aliphatic carbocycles. The Labute approximate surface area is 144 Å². The molecule has 0 radical (unpaired) electrons. The van der Waals surface area contributed by atoms with E-state index in [1.807, 2.05) is 12.2 Å². The van der Waals surface area contributed by atoms with Crippen molar-refractivity contribution in [1.29, 1.82) is 0 Å². The summed E-state index contributed by atoms with van der Waals surface area (Å²) >= 11 is 0. The fourth-order valence-corrected chi connectivity index (χ4v) is 4.37. The summed E-state index contributed by atoms with van der Waals surface area (Å²) in [5.41, 5.74) is 0.513. The molecule has 0 bridgehead atoms. The average molecular weight is 349 g/mol. The van der Waals surface area contributed by atoms with Crippen LogP contribution in [-0.2, 0) is 6.18 Å². The highest BCUT2D eigenvalue weighted by Gasteiger charge is 2.46. The lowest BCUT2D eigenvalue weighted by Crippen LogP contribution is -2.27. The monoisotopic (exact) mass is 349 g/mol. The second-order valence-electron chi connectivity index (χ2n) is 7.06. The molecule has 0 aromatic heterocycles. The van der Waals surface area contributed by atoms with Gasteiger partial charge in [-0.05, 0) is 60.9 Å². The molecule has 5 heteroatoms. The van der Waals surface area contributed by atoms with E-state index in [9.17, 15) is 17.6 Å². The molecule has 2 atom stereocenters. The minimum atomic E-state index is -4.58. The minimum absolute atomic E-state index is 0.0408. The number of hydrogen-bond acceptors (Lipinski definition) is 1. The van der Waals surface area contributed by atoms with E-state index in [0.717, 1.165) is 37.6 Å². The van der Waals surface area contributed by atoms with Crippen LogP contribution < -0.4 is 5.32 Å². The van der Waals surface area contributed by atoms with Crippen molar-refractivity contribution < 1.29 is 17.6 Å². The summed E-state index contributed by atoms with van der Waals surface area (Å²) in [6.07, 6.45) is 7.53. The number of alkyl halides is 3. The first kappa shape index (κ1) is 16.4. The van der Waals surface area contributed by atoms with Crippen molar-refractivity contribution in [2.45, 2.75) is 31.9 Å². The quantitative estimate of drug-likeness (QED) is 0.524. The summed E-state index contributed by atoms with van der Waals surface area (Å²) in [7, 11) is 0. The summed E-state index contributed by atoms with van der Waals surface area (Å²) < 4.78 is 53.4. The molecule has 25 heavy (non-hydrogen) atoms. The first-order chi connectivity index (χ1) is 11.9. The van der Waals surface area contributed by atoms with Crippen molar-refractivity contribution in [2.24, 2.45) is 11.3 Å². The van der Waals surface area contributed by atoms with E-state index in [2.05, 4.69) is 17.5 Å². The molecule has 1 aromatic carbocycles. The minimum Gasteiger partial charge on any atom is -0.387 e. The standard InChI is InChI=1S/C20H19F4N/c21-15-5-6-16(17(11-15)20(22,23)24)13-7-9-19-8-3-1-2-4-14(19)12-25-18(19)10-13/h3,5-8,10-11,14,25H,1-2,4,9,12H2. The molecule has 4 rings (SSSR count). The third-order valence-corrected chi connectivity index (χ3v) is 5.67. The third-order valence-electron chi connectivity index (χ3n) is 5.67. The van der Waals surface area contributed by atoms with Gasteiger partial charge in [-0.15, -0.1) is 0 Å². The first-order valence-electron chi connectivity index (χ1n) is 8.61. The highest BCUT2D eigenvalue weighted by molar-refractivity contribution is 5.79. The zero-order valence-electron chi connectivity index (χ0n) is 13.7. The molecule has 1 nitrogen and oxygen atoms in total. The maximum Gasteiger partial charge on any atom is 0.417 e. The molecular formula is C20H19F4N. The van der Waals surface area contributed by atoms with Gasteiger partial charge in [0.05, 0.1) is 5.56 Å². The van der Waals surface area contributed by atoms with Crippen molar-refractivity contribution in [3.8, 4) is 0 Å². The van der Waals surface area contributed by atoms with Gasteiger partial charge >= 0.3 is 6.18 Å². The Balaban J connectivity index is 1.76. The maximum absolute atomic E-state index is 13.4. The molecule has 2 unspecified atom stereocenters. The average Bonchev–Trinajstić information content (AvgIpc) is 2.79. The number of halogens is 4. The molecule has 1 aliphatic heterocycles. The number of hydrogen-bond donors (Lipinski definition) is 1. The highest BCUT2D eigenvalue weighted by atomic mass is 19.4. The topological polar surface area (TPSA) is 12.0 Å². The fraction of sp³-hybridized carbons (Fsp3) is 0.400. The Bertz CT molecular complexity index is 787. The summed E-state index contributed by atoms with van der Waals surface area (Å²) in [6.45, 7) is 0.854. The Morgan fingerprint density at radius 2 is 2.04 bits per heavy atom. The van der Waals surface area contributed by atoms with Crippen LogP contribution in [0.15, 0.2) is 48.2 Å². The van der Waals surface area contributed by atoms with Crippen molar-refractivity contribution in [2.75, 3.05) is 6.54 Å². The normalized spacial score (nSPS) is 28.4. The van der Waals surface area contributed by atoms with E-state index < -0.39 is 17.6 Å². The lowest BCUT2D eigenvalue weighted by Gasteiger charge is -2.34. The zero-order valence-corrected chi connectivity index (χ0v) is 13.7. The van der Waals surface area contributed by atoms with Gasteiger partial charge in [0.25, 0.3) is 0 Å². The highest BCUT2D eigenvalue weighted by Crippen LogP contribution is 2.51. The third kappa shape index (κ3) is 2.70. The molecule has 3 aliphatic rings. The number of nitrogens with one attached hydrogen (secondary N) is 1. The second-order valence-corrected chi connectivity index (χ2v) is 7.06. The van der Waals surface area contributed by atoms with Gasteiger partial charge in [0.2, 0.25) is 0 Å². The SMILES string of the molecule is Fc1ccc(C2=CCC34C=CCCCC3CNC4=C2)c(C(F)(F)F)c1. The van der Waals surface area contributed by atoms with Crippen LogP contribution in [-0.4, -0.2) is 6.54 Å². The van der Waals surface area contributed by atoms with Crippen LogP contribution >= 0.6 is 0 Å². The van der Waals surface area contributed by atoms with Crippen LogP contribution in [0, 0.1) is 17.2 Å². The van der Waals surface area contributed by atoms with Gasteiger partial charge in [0.15, 0.2) is 0 Å². The first-order valence-corrected chi connectivity index (χ1v) is 8.61. The van der Waals surface area contributed by atoms with Crippen LogP contribution in [0.5, 0.6) is 0 Å². The molecule has 1 aromatic rings. The maximum atomic E-state index is 13.4. The molecule has 0 amide bonds. The number of rotatable bonds is 1. The van der Waals surface area contributed by atoms with Crippen LogP contribution in [0.4, 0.5) is 17.6 Å². The van der Waals surface area contributed by atoms with Crippen molar-refractivity contribution in [3.63, 3.8) is 0 Å². The van der Waals surface area contributed by atoms with E-state index in [-0.39, 0.29) is 11.0 Å². The molecule has 0 saturated carbocycles. The lowest BCUT2D eigenvalue weighted by atomic mass is 9.69. The van der Waals surface area contributed by atoms with Gasteiger partial charge in [-0.3, -0.25) is 0 Å². The molecule has 1 spiro atoms. The molecule has 1 heterocycles. The molecule has 1 N–H and O–H groups in total. The summed E-state index contributed by atoms with van der Waals surface area (Å²) in [6, 6.07) is 2.90. The Hall–Kier alpha value is -2.04. The van der Waals surface area contributed by atoms with Crippen molar-refractivity contribution >= 4 is 5.57 Å². The molecular weight excluding hydrogens is 330 g/mol. The summed E-state index contributed by atoms with van der Waals surface area (Å²) in [5.74, 6) is -0.395. The van der Waals surface area contributed by atoms with E-state index in [4.69, 9.17) is 0 Å². The van der Waals surface area contributed by atoms with E-state index in [0.29, 0.717) is 24.0 Å².